The van der Waals surface area contributed by atoms with Gasteiger partial charge in [-0.25, -0.2) is 14.3 Å². The van der Waals surface area contributed by atoms with Gasteiger partial charge in [-0.2, -0.15) is 5.10 Å². The first-order valence-electron chi connectivity index (χ1n) is 16.3. The van der Waals surface area contributed by atoms with Crippen LogP contribution in [0.4, 0.5) is 10.5 Å². The number of amides is 3. The fourth-order valence-corrected chi connectivity index (χ4v) is 6.16. The molecular weight excluding hydrogens is 622 g/mol. The fraction of sp³-hybridized carbons (Fsp3) is 0.270. The molecule has 0 saturated carbocycles. The summed E-state index contributed by atoms with van der Waals surface area (Å²) in [4.78, 5) is 44.3. The van der Waals surface area contributed by atoms with Gasteiger partial charge in [0, 0.05) is 56.2 Å². The normalized spacial score (nSPS) is 16.6. The highest BCUT2D eigenvalue weighted by molar-refractivity contribution is 5.98. The number of morpholine rings is 1. The third-order valence-electron chi connectivity index (χ3n) is 8.78. The molecule has 3 aromatic carbocycles. The molecule has 1 saturated heterocycles. The monoisotopic (exact) mass is 661 g/mol. The summed E-state index contributed by atoms with van der Waals surface area (Å²) in [5, 5.41) is 23.7. The largest absolute Gasteiger partial charge is 0.465 e. The second-order valence-electron chi connectivity index (χ2n) is 12.0. The van der Waals surface area contributed by atoms with Gasteiger partial charge in [0.25, 0.3) is 5.91 Å². The Bertz CT molecular complexity index is 1800. The van der Waals surface area contributed by atoms with E-state index in [0.717, 1.165) is 21.6 Å². The molecule has 12 heteroatoms. The minimum atomic E-state index is -1.20. The van der Waals surface area contributed by atoms with Crippen LogP contribution in [-0.4, -0.2) is 87.4 Å². The van der Waals surface area contributed by atoms with E-state index in [4.69, 9.17) is 4.74 Å². The van der Waals surface area contributed by atoms with E-state index in [9.17, 15) is 19.5 Å². The van der Waals surface area contributed by atoms with E-state index >= 15 is 0 Å². The standard InChI is InChI=1S/C37H39N7O5/c1-43(37(47)48)34(33(26-12-4-2-5-13-26)27-14-6-3-7-15-27)36(46)41-30-16-9-8-11-25(30)17-18-29-23-39-28(24-49-29)22-40-35(45)31-21-32-38-19-10-20-44(32)42-31/h2-16,19-21,28-29,33-34,39H,17-18,22-24H2,1H3,(H,40,45)(H,41,46)(H,47,48)/t28-,29-,34+/m1/s1. The first-order chi connectivity index (χ1) is 23.9. The van der Waals surface area contributed by atoms with Gasteiger partial charge in [0.15, 0.2) is 11.3 Å². The highest BCUT2D eigenvalue weighted by Crippen LogP contribution is 2.32. The van der Waals surface area contributed by atoms with E-state index in [1.165, 1.54) is 7.05 Å². The van der Waals surface area contributed by atoms with Crippen molar-refractivity contribution in [2.45, 2.75) is 36.9 Å². The van der Waals surface area contributed by atoms with Gasteiger partial charge in [-0.05, 0) is 41.7 Å². The van der Waals surface area contributed by atoms with Crippen molar-refractivity contribution >= 4 is 29.2 Å². The summed E-state index contributed by atoms with van der Waals surface area (Å²) in [6.45, 7) is 1.43. The molecule has 3 atom stereocenters. The summed E-state index contributed by atoms with van der Waals surface area (Å²) >= 11 is 0. The van der Waals surface area contributed by atoms with Crippen LogP contribution in [0, 0.1) is 0 Å². The SMILES string of the molecule is CN(C(=O)O)[C@H](C(=O)Nc1ccccc1CC[C@@H]1CN[C@H](CNC(=O)c2cc3ncccn3n2)CO1)C(c1ccccc1)c1ccccc1. The summed E-state index contributed by atoms with van der Waals surface area (Å²) in [5.74, 6) is -1.23. The van der Waals surface area contributed by atoms with Gasteiger partial charge >= 0.3 is 6.09 Å². The van der Waals surface area contributed by atoms with E-state index in [1.54, 1.807) is 29.0 Å². The van der Waals surface area contributed by atoms with Gasteiger partial charge in [-0.1, -0.05) is 78.9 Å². The molecule has 252 valence electrons. The number of hydrogen-bond donors (Lipinski definition) is 4. The van der Waals surface area contributed by atoms with Crippen molar-refractivity contribution in [1.82, 2.24) is 30.1 Å². The molecule has 49 heavy (non-hydrogen) atoms. The smallest absolute Gasteiger partial charge is 0.407 e. The summed E-state index contributed by atoms with van der Waals surface area (Å²) < 4.78 is 7.70. The molecule has 3 amide bonds. The Morgan fingerprint density at radius 2 is 1.69 bits per heavy atom. The summed E-state index contributed by atoms with van der Waals surface area (Å²) in [6.07, 6.45) is 3.46. The van der Waals surface area contributed by atoms with Crippen LogP contribution in [0.5, 0.6) is 0 Å². The molecule has 1 aliphatic rings. The summed E-state index contributed by atoms with van der Waals surface area (Å²) in [5.41, 5.74) is 4.12. The van der Waals surface area contributed by atoms with Crippen LogP contribution in [0.1, 0.15) is 39.5 Å². The third kappa shape index (κ3) is 8.11. The maximum absolute atomic E-state index is 14.1. The average Bonchev–Trinajstić information content (AvgIpc) is 3.58. The number of fused-ring (bicyclic) bond motifs is 1. The van der Waals surface area contributed by atoms with E-state index in [1.807, 2.05) is 84.9 Å². The quantitative estimate of drug-likeness (QED) is 0.156. The zero-order valence-corrected chi connectivity index (χ0v) is 27.1. The van der Waals surface area contributed by atoms with Crippen molar-refractivity contribution in [1.29, 1.82) is 0 Å². The van der Waals surface area contributed by atoms with Gasteiger partial charge in [0.2, 0.25) is 5.91 Å². The zero-order valence-electron chi connectivity index (χ0n) is 27.1. The maximum Gasteiger partial charge on any atom is 0.407 e. The molecule has 6 rings (SSSR count). The number of aryl methyl sites for hydroxylation is 1. The number of ether oxygens (including phenoxy) is 1. The molecule has 0 bridgehead atoms. The Kier molecular flexibility index (Phi) is 10.6. The van der Waals surface area contributed by atoms with Crippen LogP contribution < -0.4 is 16.0 Å². The zero-order chi connectivity index (χ0) is 34.2. The molecule has 4 N–H and O–H groups in total. The third-order valence-corrected chi connectivity index (χ3v) is 8.78. The number of benzene rings is 3. The van der Waals surface area contributed by atoms with Crippen molar-refractivity contribution in [2.24, 2.45) is 0 Å². The number of carboxylic acid groups (broad SMARTS) is 1. The lowest BCUT2D eigenvalue weighted by Gasteiger charge is -2.33. The van der Waals surface area contributed by atoms with Crippen molar-refractivity contribution in [2.75, 3.05) is 32.1 Å². The van der Waals surface area contributed by atoms with Gasteiger partial charge in [0.1, 0.15) is 6.04 Å². The topological polar surface area (TPSA) is 150 Å². The number of hydrogen-bond acceptors (Lipinski definition) is 7. The van der Waals surface area contributed by atoms with Gasteiger partial charge in [-0.3, -0.25) is 14.5 Å². The number of carbonyl (C=O) groups is 3. The summed E-state index contributed by atoms with van der Waals surface area (Å²) in [6, 6.07) is 28.9. The Morgan fingerprint density at radius 3 is 2.35 bits per heavy atom. The van der Waals surface area contributed by atoms with Gasteiger partial charge in [0.05, 0.1) is 12.7 Å². The highest BCUT2D eigenvalue weighted by Gasteiger charge is 2.37. The predicted octanol–water partition coefficient (Wildman–Crippen LogP) is 4.20. The van der Waals surface area contributed by atoms with Crippen LogP contribution in [0.25, 0.3) is 5.65 Å². The predicted molar refractivity (Wildman–Crippen MR) is 185 cm³/mol. The van der Waals surface area contributed by atoms with E-state index < -0.39 is 24.0 Å². The van der Waals surface area contributed by atoms with Crippen molar-refractivity contribution < 1.29 is 24.2 Å². The number of likely N-dealkylation sites (N-methyl/N-ethyl adjacent to an activating group) is 1. The molecule has 12 nitrogen and oxygen atoms in total. The first-order valence-corrected chi connectivity index (χ1v) is 16.3. The van der Waals surface area contributed by atoms with Gasteiger partial charge < -0.3 is 25.8 Å². The van der Waals surface area contributed by atoms with Crippen molar-refractivity contribution in [3.63, 3.8) is 0 Å². The van der Waals surface area contributed by atoms with Crippen LogP contribution in [0.3, 0.4) is 0 Å². The van der Waals surface area contributed by atoms with Crippen LogP contribution >= 0.6 is 0 Å². The molecule has 3 heterocycles. The number of nitrogens with one attached hydrogen (secondary N) is 3. The minimum Gasteiger partial charge on any atom is -0.465 e. The number of para-hydroxylation sites is 1. The number of carbonyl (C=O) groups excluding carboxylic acids is 2. The molecule has 1 fully saturated rings. The number of rotatable bonds is 12. The molecule has 0 radical (unpaired) electrons. The van der Waals surface area contributed by atoms with Crippen molar-refractivity contribution in [3.8, 4) is 0 Å². The van der Waals surface area contributed by atoms with E-state index in [-0.39, 0.29) is 18.1 Å². The Labute approximate surface area is 284 Å². The maximum atomic E-state index is 14.1. The van der Waals surface area contributed by atoms with Crippen LogP contribution in [-0.2, 0) is 16.0 Å². The average molecular weight is 662 g/mol. The lowest BCUT2D eigenvalue weighted by Crippen LogP contribution is -2.51. The number of aromatic nitrogens is 3. The minimum absolute atomic E-state index is 0.0488. The first kappa shape index (κ1) is 33.3. The Morgan fingerprint density at radius 1 is 1.00 bits per heavy atom. The number of anilines is 1. The molecule has 0 spiro atoms. The second-order valence-corrected chi connectivity index (χ2v) is 12.0. The lowest BCUT2D eigenvalue weighted by atomic mass is 9.84. The molecule has 1 aliphatic heterocycles. The van der Waals surface area contributed by atoms with Crippen LogP contribution in [0.15, 0.2) is 109 Å². The molecule has 2 aromatic heterocycles. The molecular formula is C37H39N7O5. The Balaban J connectivity index is 1.07. The van der Waals surface area contributed by atoms with E-state index in [2.05, 4.69) is 26.0 Å². The van der Waals surface area contributed by atoms with E-state index in [0.29, 0.717) is 49.6 Å². The van der Waals surface area contributed by atoms with Crippen molar-refractivity contribution in [3.05, 3.63) is 132 Å². The fourth-order valence-electron chi connectivity index (χ4n) is 6.16. The van der Waals surface area contributed by atoms with Gasteiger partial charge in [-0.15, -0.1) is 0 Å². The van der Waals surface area contributed by atoms with Crippen LogP contribution in [0.2, 0.25) is 0 Å². The highest BCUT2D eigenvalue weighted by atomic mass is 16.5. The Hall–Kier alpha value is -5.59. The number of nitrogens with zero attached hydrogens (tertiary/aromatic N) is 4. The molecule has 0 unspecified atom stereocenters. The molecule has 0 aliphatic carbocycles. The lowest BCUT2D eigenvalue weighted by molar-refractivity contribution is -0.120. The summed E-state index contributed by atoms with van der Waals surface area (Å²) in [7, 11) is 1.43. The molecule has 5 aromatic rings. The second kappa shape index (κ2) is 15.5.